The molecule has 0 bridgehead atoms. The van der Waals surface area contributed by atoms with Crippen LogP contribution in [-0.4, -0.2) is 0 Å². The van der Waals surface area contributed by atoms with Gasteiger partial charge >= 0.3 is 0 Å². The maximum atomic E-state index is 6.24. The predicted molar refractivity (Wildman–Crippen MR) is 67.9 cm³/mol. The molecule has 2 N–H and O–H groups in total. The average molecular weight is 268 g/mol. The van der Waals surface area contributed by atoms with Crippen LogP contribution in [0.2, 0.25) is 0 Å². The number of nitrogens with two attached hydrogens (primary N) is 1. The maximum Gasteiger partial charge on any atom is 0.0300 e. The molecule has 1 unspecified atom stereocenters. The summed E-state index contributed by atoms with van der Waals surface area (Å²) in [5, 5.41) is 0. The molecule has 1 aliphatic carbocycles. The molecule has 0 aromatic heterocycles. The second-order valence-corrected chi connectivity index (χ2v) is 5.60. The topological polar surface area (TPSA) is 26.0 Å². The Labute approximate surface area is 100 Å². The molecule has 82 valence electrons. The number of halogens is 1. The first kappa shape index (κ1) is 11.2. The first-order valence-electron chi connectivity index (χ1n) is 5.60. The van der Waals surface area contributed by atoms with Gasteiger partial charge < -0.3 is 5.73 Å². The van der Waals surface area contributed by atoms with E-state index in [0.717, 1.165) is 12.3 Å². The van der Waals surface area contributed by atoms with E-state index in [9.17, 15) is 0 Å². The van der Waals surface area contributed by atoms with Gasteiger partial charge in [-0.1, -0.05) is 34.8 Å². The van der Waals surface area contributed by atoms with Crippen LogP contribution in [0.25, 0.3) is 0 Å². The first-order chi connectivity index (χ1) is 7.08. The SMILES string of the molecule is Cc1cc(C(N)CC2CC2)c(C)cc1Br. The third-order valence-corrected chi connectivity index (χ3v) is 4.09. The molecular weight excluding hydrogens is 250 g/mol. The van der Waals surface area contributed by atoms with Crippen LogP contribution >= 0.6 is 15.9 Å². The first-order valence-corrected chi connectivity index (χ1v) is 6.39. The highest BCUT2D eigenvalue weighted by molar-refractivity contribution is 9.10. The normalized spacial score (nSPS) is 17.9. The fourth-order valence-electron chi connectivity index (χ4n) is 2.04. The van der Waals surface area contributed by atoms with Crippen molar-refractivity contribution < 1.29 is 0 Å². The summed E-state index contributed by atoms with van der Waals surface area (Å²) in [5.74, 6) is 0.892. The summed E-state index contributed by atoms with van der Waals surface area (Å²) < 4.78 is 1.18. The molecule has 0 spiro atoms. The molecule has 0 heterocycles. The van der Waals surface area contributed by atoms with E-state index in [4.69, 9.17) is 5.73 Å². The standard InChI is InChI=1S/C13H18BrN/c1-8-6-12(14)9(2)5-11(8)13(15)7-10-3-4-10/h5-6,10,13H,3-4,7,15H2,1-2H3. The monoisotopic (exact) mass is 267 g/mol. The van der Waals surface area contributed by atoms with Gasteiger partial charge in [0, 0.05) is 10.5 Å². The minimum Gasteiger partial charge on any atom is -0.324 e. The largest absolute Gasteiger partial charge is 0.324 e. The van der Waals surface area contributed by atoms with E-state index >= 15 is 0 Å². The molecule has 1 aromatic rings. The van der Waals surface area contributed by atoms with Gasteiger partial charge in [0.2, 0.25) is 0 Å². The van der Waals surface area contributed by atoms with Crippen LogP contribution in [-0.2, 0) is 0 Å². The zero-order chi connectivity index (χ0) is 11.0. The molecule has 15 heavy (non-hydrogen) atoms. The van der Waals surface area contributed by atoms with Crippen molar-refractivity contribution >= 4 is 15.9 Å². The summed E-state index contributed by atoms with van der Waals surface area (Å²) >= 11 is 3.55. The van der Waals surface area contributed by atoms with Crippen molar-refractivity contribution in [1.82, 2.24) is 0 Å². The van der Waals surface area contributed by atoms with E-state index in [0.29, 0.717) is 0 Å². The summed E-state index contributed by atoms with van der Waals surface area (Å²) in [5.41, 5.74) is 10.1. The highest BCUT2D eigenvalue weighted by Crippen LogP contribution is 2.37. The van der Waals surface area contributed by atoms with Crippen molar-refractivity contribution in [3.63, 3.8) is 0 Å². The smallest absolute Gasteiger partial charge is 0.0300 e. The van der Waals surface area contributed by atoms with Crippen LogP contribution < -0.4 is 5.73 Å². The zero-order valence-corrected chi connectivity index (χ0v) is 11.0. The summed E-state index contributed by atoms with van der Waals surface area (Å²) in [6, 6.07) is 4.63. The van der Waals surface area contributed by atoms with Crippen molar-refractivity contribution in [2.24, 2.45) is 11.7 Å². The highest BCUT2D eigenvalue weighted by atomic mass is 79.9. The van der Waals surface area contributed by atoms with E-state index in [2.05, 4.69) is 41.9 Å². The third-order valence-electron chi connectivity index (χ3n) is 3.23. The van der Waals surface area contributed by atoms with E-state index in [1.165, 1.54) is 34.0 Å². The minimum atomic E-state index is 0.226. The molecule has 2 rings (SSSR count). The summed E-state index contributed by atoms with van der Waals surface area (Å²) in [6.45, 7) is 4.27. The van der Waals surface area contributed by atoms with Gasteiger partial charge in [0.05, 0.1) is 0 Å². The number of rotatable bonds is 3. The summed E-state index contributed by atoms with van der Waals surface area (Å²) in [7, 11) is 0. The van der Waals surface area contributed by atoms with Crippen molar-refractivity contribution in [3.05, 3.63) is 33.3 Å². The minimum absolute atomic E-state index is 0.226. The Bertz CT molecular complexity index is 369. The van der Waals surface area contributed by atoms with Gasteiger partial charge in [-0.15, -0.1) is 0 Å². The molecular formula is C13H18BrN. The lowest BCUT2D eigenvalue weighted by Gasteiger charge is -2.16. The van der Waals surface area contributed by atoms with Gasteiger partial charge in [-0.2, -0.15) is 0 Å². The fourth-order valence-corrected chi connectivity index (χ4v) is 2.50. The second-order valence-electron chi connectivity index (χ2n) is 4.74. The van der Waals surface area contributed by atoms with Gasteiger partial charge in [-0.05, 0) is 48.9 Å². The van der Waals surface area contributed by atoms with Crippen LogP contribution in [0, 0.1) is 19.8 Å². The van der Waals surface area contributed by atoms with Gasteiger partial charge in [-0.25, -0.2) is 0 Å². The van der Waals surface area contributed by atoms with Crippen molar-refractivity contribution in [2.45, 2.75) is 39.2 Å². The predicted octanol–water partition coefficient (Wildman–Crippen LogP) is 3.87. The molecule has 0 aliphatic heterocycles. The molecule has 0 radical (unpaired) electrons. The molecule has 1 fully saturated rings. The highest BCUT2D eigenvalue weighted by Gasteiger charge is 2.25. The van der Waals surface area contributed by atoms with Crippen molar-refractivity contribution in [3.8, 4) is 0 Å². The van der Waals surface area contributed by atoms with E-state index in [1.807, 2.05) is 0 Å². The Kier molecular flexibility index (Phi) is 3.17. The van der Waals surface area contributed by atoms with E-state index < -0.39 is 0 Å². The lowest BCUT2D eigenvalue weighted by atomic mass is 9.96. The van der Waals surface area contributed by atoms with Crippen molar-refractivity contribution in [2.75, 3.05) is 0 Å². The van der Waals surface area contributed by atoms with Gasteiger partial charge in [-0.3, -0.25) is 0 Å². The van der Waals surface area contributed by atoms with Crippen LogP contribution in [0.4, 0.5) is 0 Å². The van der Waals surface area contributed by atoms with E-state index in [-0.39, 0.29) is 6.04 Å². The molecule has 1 aromatic carbocycles. The van der Waals surface area contributed by atoms with Gasteiger partial charge in [0.1, 0.15) is 0 Å². The number of hydrogen-bond acceptors (Lipinski definition) is 1. The summed E-state index contributed by atoms with van der Waals surface area (Å²) in [4.78, 5) is 0. The molecule has 1 saturated carbocycles. The Morgan fingerprint density at radius 1 is 1.33 bits per heavy atom. The summed E-state index contributed by atoms with van der Waals surface area (Å²) in [6.07, 6.45) is 3.91. The Hall–Kier alpha value is -0.340. The number of hydrogen-bond donors (Lipinski definition) is 1. The average Bonchev–Trinajstić information content (AvgIpc) is 2.95. The maximum absolute atomic E-state index is 6.24. The third kappa shape index (κ3) is 2.61. The van der Waals surface area contributed by atoms with Crippen LogP contribution in [0.3, 0.4) is 0 Å². The quantitative estimate of drug-likeness (QED) is 0.884. The molecule has 2 heteroatoms. The zero-order valence-electron chi connectivity index (χ0n) is 9.39. The number of aryl methyl sites for hydroxylation is 2. The van der Waals surface area contributed by atoms with Crippen LogP contribution in [0.5, 0.6) is 0 Å². The Balaban J connectivity index is 2.21. The van der Waals surface area contributed by atoms with Crippen molar-refractivity contribution in [1.29, 1.82) is 0 Å². The number of benzene rings is 1. The Morgan fingerprint density at radius 3 is 2.60 bits per heavy atom. The van der Waals surface area contributed by atoms with Gasteiger partial charge in [0.15, 0.2) is 0 Å². The fraction of sp³-hybridized carbons (Fsp3) is 0.538. The molecule has 1 aliphatic rings. The van der Waals surface area contributed by atoms with Crippen LogP contribution in [0.1, 0.15) is 42.0 Å². The Morgan fingerprint density at radius 2 is 2.00 bits per heavy atom. The van der Waals surface area contributed by atoms with Crippen LogP contribution in [0.15, 0.2) is 16.6 Å². The molecule has 1 nitrogen and oxygen atoms in total. The molecule has 0 amide bonds. The van der Waals surface area contributed by atoms with E-state index in [1.54, 1.807) is 0 Å². The lowest BCUT2D eigenvalue weighted by Crippen LogP contribution is -2.12. The molecule has 0 saturated heterocycles. The second kappa shape index (κ2) is 4.26. The lowest BCUT2D eigenvalue weighted by molar-refractivity contribution is 0.594. The van der Waals surface area contributed by atoms with Gasteiger partial charge in [0.25, 0.3) is 0 Å². The molecule has 1 atom stereocenters.